The van der Waals surface area contributed by atoms with E-state index in [1.807, 2.05) is 56.3 Å². The second-order valence-corrected chi connectivity index (χ2v) is 13.6. The van der Waals surface area contributed by atoms with Gasteiger partial charge in [0.05, 0.1) is 6.07 Å². The molecule has 0 heterocycles. The van der Waals surface area contributed by atoms with Gasteiger partial charge in [0, 0.05) is 6.42 Å². The van der Waals surface area contributed by atoms with Gasteiger partial charge in [-0.15, -0.1) is 0 Å². The first-order valence-corrected chi connectivity index (χ1v) is 15.1. The Morgan fingerprint density at radius 2 is 1.42 bits per heavy atom. The maximum atomic E-state index is 14.3. The summed E-state index contributed by atoms with van der Waals surface area (Å²) in [6, 6.07) is 13.1. The van der Waals surface area contributed by atoms with Crippen molar-refractivity contribution < 1.29 is 28.7 Å². The molecule has 3 unspecified atom stereocenters. The molecule has 2 aromatic rings. The van der Waals surface area contributed by atoms with Crippen LogP contribution in [0, 0.1) is 31.1 Å². The van der Waals surface area contributed by atoms with Crippen LogP contribution in [-0.4, -0.2) is 58.6 Å². The lowest BCUT2D eigenvalue weighted by Crippen LogP contribution is -2.56. The first-order valence-electron chi connectivity index (χ1n) is 15.1. The fourth-order valence-electron chi connectivity index (χ4n) is 4.81. The molecule has 0 aliphatic heterocycles. The molecular weight excluding hydrogens is 572 g/mol. The molecule has 244 valence electrons. The molecule has 0 spiro atoms. The zero-order valence-corrected chi connectivity index (χ0v) is 28.2. The van der Waals surface area contributed by atoms with Gasteiger partial charge in [-0.1, -0.05) is 73.5 Å². The summed E-state index contributed by atoms with van der Waals surface area (Å²) in [4.78, 5) is 55.8. The minimum atomic E-state index is -1.31. The molecule has 0 radical (unpaired) electrons. The summed E-state index contributed by atoms with van der Waals surface area (Å²) in [5, 5.41) is 15.3. The van der Waals surface area contributed by atoms with Crippen molar-refractivity contribution in [1.82, 2.24) is 15.5 Å². The summed E-state index contributed by atoms with van der Waals surface area (Å²) in [7, 11) is 0. The summed E-state index contributed by atoms with van der Waals surface area (Å²) < 4.78 is 11.0. The van der Waals surface area contributed by atoms with E-state index >= 15 is 0 Å². The highest BCUT2D eigenvalue weighted by atomic mass is 16.6. The van der Waals surface area contributed by atoms with Gasteiger partial charge in [0.1, 0.15) is 35.9 Å². The zero-order valence-electron chi connectivity index (χ0n) is 28.2. The largest absolute Gasteiger partial charge is 0.458 e. The second kappa shape index (κ2) is 15.6. The summed E-state index contributed by atoms with van der Waals surface area (Å²) in [5.74, 6) is -2.37. The van der Waals surface area contributed by atoms with E-state index in [4.69, 9.17) is 9.47 Å². The van der Waals surface area contributed by atoms with Crippen LogP contribution in [0.25, 0.3) is 0 Å². The number of hydrogen-bond acceptors (Lipinski definition) is 7. The molecule has 10 heteroatoms. The third-order valence-corrected chi connectivity index (χ3v) is 6.54. The quantitative estimate of drug-likeness (QED) is 0.256. The zero-order chi connectivity index (χ0) is 34.1. The van der Waals surface area contributed by atoms with Gasteiger partial charge in [-0.25, -0.2) is 9.59 Å². The number of nitriles is 1. The van der Waals surface area contributed by atoms with Crippen molar-refractivity contribution in [3.8, 4) is 6.07 Å². The summed E-state index contributed by atoms with van der Waals surface area (Å²) >= 11 is 0. The van der Waals surface area contributed by atoms with E-state index in [1.165, 1.54) is 0 Å². The van der Waals surface area contributed by atoms with Crippen molar-refractivity contribution >= 4 is 23.9 Å². The van der Waals surface area contributed by atoms with Crippen molar-refractivity contribution in [1.29, 1.82) is 5.26 Å². The van der Waals surface area contributed by atoms with Gasteiger partial charge in [-0.05, 0) is 72.4 Å². The Labute approximate surface area is 267 Å². The molecular formula is C35H48N4O6. The molecule has 0 aromatic heterocycles. The van der Waals surface area contributed by atoms with Crippen LogP contribution in [0.1, 0.15) is 83.7 Å². The van der Waals surface area contributed by atoms with Crippen molar-refractivity contribution in [2.45, 2.75) is 105 Å². The first-order chi connectivity index (χ1) is 20.8. The lowest BCUT2D eigenvalue weighted by molar-refractivity contribution is -0.159. The number of nitrogens with one attached hydrogen (secondary N) is 2. The highest BCUT2D eigenvalue weighted by molar-refractivity contribution is 5.94. The van der Waals surface area contributed by atoms with Gasteiger partial charge in [-0.2, -0.15) is 5.26 Å². The molecule has 2 rings (SSSR count). The average Bonchev–Trinajstić information content (AvgIpc) is 2.88. The maximum Gasteiger partial charge on any atom is 0.408 e. The van der Waals surface area contributed by atoms with Gasteiger partial charge in [0.15, 0.2) is 0 Å². The smallest absolute Gasteiger partial charge is 0.408 e. The molecule has 0 aliphatic carbocycles. The van der Waals surface area contributed by atoms with Crippen LogP contribution in [-0.2, 0) is 30.3 Å². The predicted octanol–water partition coefficient (Wildman–Crippen LogP) is 5.32. The predicted molar refractivity (Wildman–Crippen MR) is 172 cm³/mol. The topological polar surface area (TPSA) is 138 Å². The Hall–Kier alpha value is -4.39. The van der Waals surface area contributed by atoms with Gasteiger partial charge in [0.2, 0.25) is 11.8 Å². The number of carbonyl (C=O) groups excluding carboxylic acids is 4. The Balaban J connectivity index is 2.62. The first kappa shape index (κ1) is 36.8. The molecule has 45 heavy (non-hydrogen) atoms. The average molecular weight is 621 g/mol. The number of amides is 3. The Morgan fingerprint density at radius 1 is 0.867 bits per heavy atom. The molecule has 0 saturated carbocycles. The van der Waals surface area contributed by atoms with Gasteiger partial charge in [0.25, 0.3) is 0 Å². The van der Waals surface area contributed by atoms with Crippen LogP contribution in [0.4, 0.5) is 4.79 Å². The van der Waals surface area contributed by atoms with Crippen LogP contribution in [0.5, 0.6) is 0 Å². The van der Waals surface area contributed by atoms with Crippen molar-refractivity contribution in [3.63, 3.8) is 0 Å². The van der Waals surface area contributed by atoms with Crippen molar-refractivity contribution in [2.24, 2.45) is 5.92 Å². The molecule has 0 saturated heterocycles. The fourth-order valence-corrected chi connectivity index (χ4v) is 4.81. The van der Waals surface area contributed by atoms with Crippen LogP contribution in [0.15, 0.2) is 48.5 Å². The number of hydrogen-bond donors (Lipinski definition) is 2. The summed E-state index contributed by atoms with van der Waals surface area (Å²) in [5.41, 5.74) is 1.31. The maximum absolute atomic E-state index is 14.3. The normalized spacial score (nSPS) is 13.6. The summed E-state index contributed by atoms with van der Waals surface area (Å²) in [6.07, 6.45) is -0.658. The molecule has 0 fully saturated rings. The monoisotopic (exact) mass is 620 g/mol. The molecule has 2 N–H and O–H groups in total. The molecule has 0 bridgehead atoms. The number of ether oxygens (including phenoxy) is 2. The van der Waals surface area contributed by atoms with E-state index in [-0.39, 0.29) is 6.42 Å². The highest BCUT2D eigenvalue weighted by Crippen LogP contribution is 2.26. The number of esters is 1. The number of nitrogens with zero attached hydrogens (tertiary/aromatic N) is 2. The third-order valence-electron chi connectivity index (χ3n) is 6.54. The van der Waals surface area contributed by atoms with E-state index in [0.717, 1.165) is 21.6 Å². The van der Waals surface area contributed by atoms with Gasteiger partial charge >= 0.3 is 12.1 Å². The van der Waals surface area contributed by atoms with E-state index < -0.39 is 65.7 Å². The van der Waals surface area contributed by atoms with E-state index in [9.17, 15) is 24.4 Å². The number of benzene rings is 2. The SMILES string of the molecule is Cc1cc(C)cc(C(C(=O)NC(Cc2ccccc2)C(=O)OC(C)(C)C)N(CC#N)C(=O)C(NC(=O)OC(C)(C)C)C(C)C)c1. The van der Waals surface area contributed by atoms with E-state index in [2.05, 4.69) is 10.6 Å². The molecule has 10 nitrogen and oxygen atoms in total. The number of aryl methyl sites for hydroxylation is 2. The Morgan fingerprint density at radius 3 is 1.91 bits per heavy atom. The van der Waals surface area contributed by atoms with Gasteiger partial charge < -0.3 is 25.0 Å². The molecule has 3 amide bonds. The molecule has 3 atom stereocenters. The standard InChI is InChI=1S/C35H48N4O6/c1-22(2)28(38-33(43)45-35(8,9)10)31(41)39(17-16-36)29(26-19-23(3)18-24(4)20-26)30(40)37-27(32(42)44-34(5,6)7)21-25-14-12-11-13-15-25/h11-15,18-20,22,27-29H,17,21H2,1-10H3,(H,37,40)(H,38,43). The summed E-state index contributed by atoms with van der Waals surface area (Å²) in [6.45, 7) is 17.1. The van der Waals surface area contributed by atoms with Crippen molar-refractivity contribution in [3.05, 3.63) is 70.8 Å². The Kier molecular flexibility index (Phi) is 12.7. The number of alkyl carbamates (subject to hydrolysis) is 1. The highest BCUT2D eigenvalue weighted by Gasteiger charge is 2.39. The fraction of sp³-hybridized carbons (Fsp3) is 0.514. The minimum absolute atomic E-state index is 0.141. The van der Waals surface area contributed by atoms with E-state index in [1.54, 1.807) is 67.5 Å². The van der Waals surface area contributed by atoms with Crippen LogP contribution in [0.2, 0.25) is 0 Å². The van der Waals surface area contributed by atoms with Crippen LogP contribution < -0.4 is 10.6 Å². The van der Waals surface area contributed by atoms with E-state index in [0.29, 0.717) is 5.56 Å². The van der Waals surface area contributed by atoms with Crippen LogP contribution in [0.3, 0.4) is 0 Å². The lowest BCUT2D eigenvalue weighted by Gasteiger charge is -2.35. The molecule has 2 aromatic carbocycles. The molecule has 0 aliphatic rings. The lowest BCUT2D eigenvalue weighted by atomic mass is 9.96. The Bertz CT molecular complexity index is 1370. The van der Waals surface area contributed by atoms with Crippen LogP contribution >= 0.6 is 0 Å². The van der Waals surface area contributed by atoms with Crippen molar-refractivity contribution in [2.75, 3.05) is 6.54 Å². The second-order valence-electron chi connectivity index (χ2n) is 13.6. The minimum Gasteiger partial charge on any atom is -0.458 e. The number of carbonyl (C=O) groups is 4. The number of rotatable bonds is 11. The third kappa shape index (κ3) is 11.9. The van der Waals surface area contributed by atoms with Gasteiger partial charge in [-0.3, -0.25) is 9.59 Å².